The Hall–Kier alpha value is -1.47. The summed E-state index contributed by atoms with van der Waals surface area (Å²) in [5, 5.41) is 5.93. The van der Waals surface area contributed by atoms with Gasteiger partial charge in [-0.05, 0) is 6.92 Å². The lowest BCUT2D eigenvalue weighted by Gasteiger charge is -2.23. The van der Waals surface area contributed by atoms with Gasteiger partial charge in [-0.3, -0.25) is 14.8 Å². The number of aromatic amines is 2. The Morgan fingerprint density at radius 2 is 1.93 bits per heavy atom. The van der Waals surface area contributed by atoms with Crippen LogP contribution in [0.15, 0.2) is 9.59 Å². The van der Waals surface area contributed by atoms with Crippen LogP contribution in [0.25, 0.3) is 0 Å². The van der Waals surface area contributed by atoms with E-state index in [4.69, 9.17) is 0 Å². The third-order valence-electron chi connectivity index (χ3n) is 1.92. The summed E-state index contributed by atoms with van der Waals surface area (Å²) in [6.45, 7) is 2.62. The highest BCUT2D eigenvalue weighted by atomic mass is 35.5. The highest BCUT2D eigenvalue weighted by Gasteiger charge is 2.16. The number of nitrogens with one attached hydrogen (secondary N) is 4. The maximum Gasteiger partial charge on any atom is 0.327 e. The Bertz CT molecular complexity index is 441. The molecule has 8 heteroatoms. The van der Waals surface area contributed by atoms with Gasteiger partial charge in [0.05, 0.1) is 0 Å². The van der Waals surface area contributed by atoms with Crippen LogP contribution >= 0.6 is 12.4 Å². The third kappa shape index (κ3) is 2.51. The number of rotatable bonds is 0. The summed E-state index contributed by atoms with van der Waals surface area (Å²) < 4.78 is 0. The number of hydrogen-bond acceptors (Lipinski definition) is 4. The summed E-state index contributed by atoms with van der Waals surface area (Å²) in [5.74, 6) is 0.465. The fourth-order valence-electron chi connectivity index (χ4n) is 1.32. The summed E-state index contributed by atoms with van der Waals surface area (Å²) in [6.07, 6.45) is 0. The predicted molar refractivity (Wildman–Crippen MR) is 60.1 cm³/mol. The van der Waals surface area contributed by atoms with Crippen molar-refractivity contribution in [3.8, 4) is 0 Å². The second-order valence-electron chi connectivity index (χ2n) is 3.08. The Morgan fingerprint density at radius 3 is 2.60 bits per heavy atom. The van der Waals surface area contributed by atoms with Crippen LogP contribution in [0.3, 0.4) is 0 Å². The summed E-state index contributed by atoms with van der Waals surface area (Å²) in [4.78, 5) is 26.8. The zero-order valence-electron chi connectivity index (χ0n) is 8.01. The largest absolute Gasteiger partial charge is 0.412 e. The van der Waals surface area contributed by atoms with E-state index in [0.717, 1.165) is 0 Å². The van der Waals surface area contributed by atoms with Crippen LogP contribution in [-0.4, -0.2) is 28.0 Å². The van der Waals surface area contributed by atoms with Crippen molar-refractivity contribution >= 4 is 23.9 Å². The van der Waals surface area contributed by atoms with Gasteiger partial charge in [-0.1, -0.05) is 0 Å². The van der Waals surface area contributed by atoms with Crippen molar-refractivity contribution in [2.75, 3.05) is 17.2 Å². The molecule has 7 nitrogen and oxygen atoms in total. The smallest absolute Gasteiger partial charge is 0.327 e. The lowest BCUT2D eigenvalue weighted by Crippen LogP contribution is -2.37. The highest BCUT2D eigenvalue weighted by Crippen LogP contribution is 2.16. The van der Waals surface area contributed by atoms with E-state index in [-0.39, 0.29) is 23.9 Å². The van der Waals surface area contributed by atoms with Crippen molar-refractivity contribution in [1.29, 1.82) is 0 Å². The first-order chi connectivity index (χ1) is 6.16. The molecule has 0 spiro atoms. The summed E-state index contributed by atoms with van der Waals surface area (Å²) in [7, 11) is 0. The number of hydrogen-bond donors (Lipinski definition) is 4. The Balaban J connectivity index is 0.000000980. The van der Waals surface area contributed by atoms with E-state index in [1.54, 1.807) is 0 Å². The molecule has 2 rings (SSSR count). The molecule has 1 atom stereocenters. The van der Waals surface area contributed by atoms with Crippen LogP contribution < -0.4 is 21.9 Å². The lowest BCUT2D eigenvalue weighted by atomic mass is 10.2. The first-order valence-corrected chi connectivity index (χ1v) is 4.04. The quantitative estimate of drug-likeness (QED) is 0.456. The molecular formula is C7H13ClN4O3. The molecule has 6 N–H and O–H groups in total. The molecule has 0 bridgehead atoms. The van der Waals surface area contributed by atoms with E-state index in [2.05, 4.69) is 20.6 Å². The van der Waals surface area contributed by atoms with Gasteiger partial charge in [-0.25, -0.2) is 4.79 Å². The van der Waals surface area contributed by atoms with Gasteiger partial charge >= 0.3 is 5.69 Å². The molecule has 0 saturated heterocycles. The highest BCUT2D eigenvalue weighted by molar-refractivity contribution is 5.85. The number of aromatic nitrogens is 2. The molecule has 0 amide bonds. The van der Waals surface area contributed by atoms with E-state index >= 15 is 0 Å². The van der Waals surface area contributed by atoms with Crippen LogP contribution in [0.1, 0.15) is 6.92 Å². The van der Waals surface area contributed by atoms with Crippen molar-refractivity contribution in [2.24, 2.45) is 0 Å². The van der Waals surface area contributed by atoms with Gasteiger partial charge in [0.1, 0.15) is 11.5 Å². The van der Waals surface area contributed by atoms with Gasteiger partial charge in [0, 0.05) is 12.6 Å². The minimum Gasteiger partial charge on any atom is -0.412 e. The van der Waals surface area contributed by atoms with Crippen LogP contribution in [0.5, 0.6) is 0 Å². The molecular weight excluding hydrogens is 224 g/mol. The first kappa shape index (κ1) is 13.5. The van der Waals surface area contributed by atoms with Gasteiger partial charge in [0.2, 0.25) is 0 Å². The standard InChI is InChI=1S/C7H10N4O2.ClH.H2O/c1-3-2-8-4-5(9-3)10-7(13)11-6(4)12;;/h3,8H,2H2,1H3,(H3,9,10,11,12,13);1H;1H2. The van der Waals surface area contributed by atoms with Crippen LogP contribution in [-0.2, 0) is 0 Å². The second kappa shape index (κ2) is 4.85. The van der Waals surface area contributed by atoms with Crippen molar-refractivity contribution in [3.63, 3.8) is 0 Å². The number of anilines is 2. The maximum absolute atomic E-state index is 11.2. The third-order valence-corrected chi connectivity index (χ3v) is 1.92. The average Bonchev–Trinajstić information content (AvgIpc) is 2.02. The van der Waals surface area contributed by atoms with Gasteiger partial charge < -0.3 is 16.1 Å². The Morgan fingerprint density at radius 1 is 1.27 bits per heavy atom. The Labute approximate surface area is 91.0 Å². The minimum atomic E-state index is -0.493. The number of H-pyrrole nitrogens is 2. The SMILES string of the molecule is CC1CNc2c([nH]c(=O)[nH]c2=O)N1.Cl.O. The molecule has 1 unspecified atom stereocenters. The molecule has 1 aromatic rings. The van der Waals surface area contributed by atoms with Gasteiger partial charge in [-0.2, -0.15) is 0 Å². The molecule has 86 valence electrons. The number of halogens is 1. The summed E-state index contributed by atoms with van der Waals surface area (Å²) in [5.41, 5.74) is -0.483. The van der Waals surface area contributed by atoms with Crippen molar-refractivity contribution in [3.05, 3.63) is 20.8 Å². The molecule has 0 fully saturated rings. The average molecular weight is 237 g/mol. The fourth-order valence-corrected chi connectivity index (χ4v) is 1.32. The molecule has 2 heterocycles. The molecule has 15 heavy (non-hydrogen) atoms. The molecule has 1 aliphatic heterocycles. The van der Waals surface area contributed by atoms with Crippen molar-refractivity contribution in [2.45, 2.75) is 13.0 Å². The zero-order valence-corrected chi connectivity index (χ0v) is 8.83. The van der Waals surface area contributed by atoms with Gasteiger partial charge in [-0.15, -0.1) is 12.4 Å². The summed E-state index contributed by atoms with van der Waals surface area (Å²) in [6, 6.07) is 0.199. The zero-order chi connectivity index (χ0) is 9.42. The molecule has 0 radical (unpaired) electrons. The van der Waals surface area contributed by atoms with E-state index in [1.165, 1.54) is 0 Å². The van der Waals surface area contributed by atoms with Crippen LogP contribution in [0.4, 0.5) is 11.5 Å². The topological polar surface area (TPSA) is 121 Å². The minimum absolute atomic E-state index is 0. The predicted octanol–water partition coefficient (Wildman–Crippen LogP) is -1.11. The van der Waals surface area contributed by atoms with E-state index in [9.17, 15) is 9.59 Å². The molecule has 0 saturated carbocycles. The fraction of sp³-hybridized carbons (Fsp3) is 0.429. The molecule has 0 aromatic carbocycles. The Kier molecular flexibility index (Phi) is 4.38. The first-order valence-electron chi connectivity index (χ1n) is 4.04. The van der Waals surface area contributed by atoms with Crippen molar-refractivity contribution in [1.82, 2.24) is 9.97 Å². The van der Waals surface area contributed by atoms with Crippen LogP contribution in [0.2, 0.25) is 0 Å². The second-order valence-corrected chi connectivity index (χ2v) is 3.08. The van der Waals surface area contributed by atoms with Gasteiger partial charge in [0.25, 0.3) is 5.56 Å². The van der Waals surface area contributed by atoms with Gasteiger partial charge in [0.15, 0.2) is 0 Å². The monoisotopic (exact) mass is 236 g/mol. The van der Waals surface area contributed by atoms with Crippen molar-refractivity contribution < 1.29 is 5.48 Å². The normalized spacial score (nSPS) is 17.3. The molecule has 1 aliphatic rings. The lowest BCUT2D eigenvalue weighted by molar-refractivity contribution is 0.796. The van der Waals surface area contributed by atoms with Crippen LogP contribution in [0, 0.1) is 0 Å². The van der Waals surface area contributed by atoms with E-state index in [1.807, 2.05) is 6.92 Å². The number of fused-ring (bicyclic) bond motifs is 1. The molecule has 0 aliphatic carbocycles. The molecule has 1 aromatic heterocycles. The van der Waals surface area contributed by atoms with E-state index in [0.29, 0.717) is 18.1 Å². The summed E-state index contributed by atoms with van der Waals surface area (Å²) >= 11 is 0. The maximum atomic E-state index is 11.2. The van der Waals surface area contributed by atoms with E-state index < -0.39 is 11.2 Å².